The van der Waals surface area contributed by atoms with Crippen LogP contribution in [-0.4, -0.2) is 62.0 Å². The molecule has 2 amide bonds. The molecule has 1 aliphatic carbocycles. The van der Waals surface area contributed by atoms with Gasteiger partial charge >= 0.3 is 0 Å². The highest BCUT2D eigenvalue weighted by atomic mass is 16.5. The summed E-state index contributed by atoms with van der Waals surface area (Å²) < 4.78 is 5.51. The number of tetrazole rings is 1. The first-order valence-electron chi connectivity index (χ1n) is 15.8. The van der Waals surface area contributed by atoms with Gasteiger partial charge in [0.05, 0.1) is 25.9 Å². The summed E-state index contributed by atoms with van der Waals surface area (Å²) in [6.07, 6.45) is 9.58. The third kappa shape index (κ3) is 6.92. The normalized spacial score (nSPS) is 24.4. The van der Waals surface area contributed by atoms with E-state index in [2.05, 4.69) is 70.5 Å². The summed E-state index contributed by atoms with van der Waals surface area (Å²) in [6.45, 7) is 11.5. The van der Waals surface area contributed by atoms with Gasteiger partial charge in [-0.3, -0.25) is 19.6 Å². The van der Waals surface area contributed by atoms with Crippen molar-refractivity contribution in [1.29, 1.82) is 0 Å². The van der Waals surface area contributed by atoms with E-state index in [-0.39, 0.29) is 35.7 Å². The maximum atomic E-state index is 14.6. The number of aromatic amines is 1. The molecule has 2 aliphatic heterocycles. The predicted molar refractivity (Wildman–Crippen MR) is 169 cm³/mol. The molecule has 0 bridgehead atoms. The topological polar surface area (TPSA) is 138 Å². The molecule has 11 heteroatoms. The summed E-state index contributed by atoms with van der Waals surface area (Å²) in [5.74, 6) is 1.92. The van der Waals surface area contributed by atoms with Crippen LogP contribution in [-0.2, 0) is 16.1 Å². The molecule has 2 atom stereocenters. The minimum Gasteiger partial charge on any atom is -0.499 e. The third-order valence-electron chi connectivity index (χ3n) is 9.34. The summed E-state index contributed by atoms with van der Waals surface area (Å²) in [4.78, 5) is 39.3. The largest absolute Gasteiger partial charge is 0.499 e. The SMILES string of the molecule is COC1=CN=CC(C2=NC3(CCC(C(C)C)CC3)N(C(CCC(C)(C)C)c3ccc(C(=O)NCc4nn[nH]n4)cc3)C2=O)C1. The van der Waals surface area contributed by atoms with Gasteiger partial charge in [0.15, 0.2) is 5.82 Å². The molecular formula is C33H46N8O3. The van der Waals surface area contributed by atoms with E-state index in [1.54, 1.807) is 13.3 Å². The van der Waals surface area contributed by atoms with Crippen molar-refractivity contribution < 1.29 is 14.3 Å². The lowest BCUT2D eigenvalue weighted by atomic mass is 9.75. The number of benzene rings is 1. The van der Waals surface area contributed by atoms with Crippen molar-refractivity contribution >= 4 is 23.7 Å². The molecule has 3 aliphatic rings. The Balaban J connectivity index is 1.46. The van der Waals surface area contributed by atoms with Crippen molar-refractivity contribution in [3.05, 3.63) is 53.2 Å². The zero-order valence-corrected chi connectivity index (χ0v) is 26.8. The Morgan fingerprint density at radius 2 is 1.91 bits per heavy atom. The molecule has 1 fully saturated rings. The van der Waals surface area contributed by atoms with Crippen LogP contribution >= 0.6 is 0 Å². The molecule has 0 saturated heterocycles. The zero-order valence-electron chi connectivity index (χ0n) is 26.8. The van der Waals surface area contributed by atoms with Gasteiger partial charge in [-0.15, -0.1) is 10.2 Å². The van der Waals surface area contributed by atoms with Crippen molar-refractivity contribution in [2.75, 3.05) is 7.11 Å². The standard InChI is InChI=1S/C33H46N8O3/c1-21(2)22-11-15-33(16-12-22)36-29(25-17-26(44-6)19-34-18-25)31(43)41(33)27(13-14-32(3,4)5)23-7-9-24(10-8-23)30(42)35-20-28-37-39-40-38-28/h7-10,18-19,21-22,25,27H,11-17,20H2,1-6H3,(H,35,42)(H,37,38,39,40). The number of hydrogen-bond acceptors (Lipinski definition) is 8. The van der Waals surface area contributed by atoms with E-state index in [1.165, 1.54) is 0 Å². The van der Waals surface area contributed by atoms with Crippen LogP contribution in [0, 0.1) is 23.2 Å². The molecule has 1 spiro atoms. The molecule has 2 N–H and O–H groups in total. The highest BCUT2D eigenvalue weighted by Crippen LogP contribution is 2.49. The van der Waals surface area contributed by atoms with Crippen molar-refractivity contribution in [3.63, 3.8) is 0 Å². The molecule has 3 heterocycles. The number of aliphatic imine (C=N–C) groups is 2. The van der Waals surface area contributed by atoms with E-state index in [0.717, 1.165) is 49.8 Å². The molecule has 1 aromatic heterocycles. The number of H-pyrrole nitrogens is 1. The average Bonchev–Trinajstić information content (AvgIpc) is 3.63. The molecule has 44 heavy (non-hydrogen) atoms. The lowest BCUT2D eigenvalue weighted by Crippen LogP contribution is -2.51. The van der Waals surface area contributed by atoms with Crippen LogP contribution in [0.15, 0.2) is 46.2 Å². The Bertz CT molecular complexity index is 1400. The molecule has 1 saturated carbocycles. The monoisotopic (exact) mass is 602 g/mol. The van der Waals surface area contributed by atoms with Crippen LogP contribution in [0.5, 0.6) is 0 Å². The molecule has 2 unspecified atom stereocenters. The van der Waals surface area contributed by atoms with Gasteiger partial charge in [-0.1, -0.05) is 52.0 Å². The van der Waals surface area contributed by atoms with Gasteiger partial charge in [-0.25, -0.2) is 0 Å². The van der Waals surface area contributed by atoms with E-state index in [4.69, 9.17) is 9.73 Å². The predicted octanol–water partition coefficient (Wildman–Crippen LogP) is 5.40. The number of hydrogen-bond donors (Lipinski definition) is 2. The second-order valence-corrected chi connectivity index (χ2v) is 13.9. The molecule has 2 aromatic rings. The average molecular weight is 603 g/mol. The Morgan fingerprint density at radius 1 is 1.18 bits per heavy atom. The Labute approximate surface area is 260 Å². The van der Waals surface area contributed by atoms with Gasteiger partial charge in [0.25, 0.3) is 11.8 Å². The summed E-state index contributed by atoms with van der Waals surface area (Å²) >= 11 is 0. The van der Waals surface area contributed by atoms with Gasteiger partial charge in [0.2, 0.25) is 0 Å². The van der Waals surface area contributed by atoms with Gasteiger partial charge in [0, 0.05) is 24.1 Å². The van der Waals surface area contributed by atoms with Crippen LogP contribution in [0.25, 0.3) is 0 Å². The number of allylic oxidation sites excluding steroid dienone is 1. The van der Waals surface area contributed by atoms with Gasteiger partial charge in [-0.05, 0) is 73.5 Å². The third-order valence-corrected chi connectivity index (χ3v) is 9.34. The number of nitrogens with zero attached hydrogens (tertiary/aromatic N) is 6. The molecular weight excluding hydrogens is 556 g/mol. The quantitative estimate of drug-likeness (QED) is 0.373. The number of carbonyl (C=O) groups excluding carboxylic acids is 2. The van der Waals surface area contributed by atoms with Crippen molar-refractivity contribution in [3.8, 4) is 0 Å². The summed E-state index contributed by atoms with van der Waals surface area (Å²) in [6, 6.07) is 7.46. The lowest BCUT2D eigenvalue weighted by molar-refractivity contribution is -0.134. The molecule has 11 nitrogen and oxygen atoms in total. The van der Waals surface area contributed by atoms with E-state index < -0.39 is 5.66 Å². The maximum absolute atomic E-state index is 14.6. The molecule has 5 rings (SSSR count). The molecule has 1 aromatic carbocycles. The first-order valence-corrected chi connectivity index (χ1v) is 15.8. The van der Waals surface area contributed by atoms with Gasteiger partial charge in [-0.2, -0.15) is 5.21 Å². The van der Waals surface area contributed by atoms with E-state index >= 15 is 0 Å². The van der Waals surface area contributed by atoms with Crippen molar-refractivity contribution in [2.45, 2.75) is 97.8 Å². The second-order valence-electron chi connectivity index (χ2n) is 13.9. The minimum absolute atomic E-state index is 0.0114. The summed E-state index contributed by atoms with van der Waals surface area (Å²) in [5.41, 5.74) is 1.60. The minimum atomic E-state index is -0.594. The van der Waals surface area contributed by atoms with Crippen molar-refractivity contribution in [2.24, 2.45) is 33.2 Å². The number of rotatable bonds is 10. The van der Waals surface area contributed by atoms with Crippen LogP contribution in [0.4, 0.5) is 0 Å². The smallest absolute Gasteiger partial charge is 0.271 e. The Hall–Kier alpha value is -3.89. The maximum Gasteiger partial charge on any atom is 0.271 e. The van der Waals surface area contributed by atoms with Crippen LogP contribution < -0.4 is 5.32 Å². The first-order chi connectivity index (χ1) is 21.0. The Morgan fingerprint density at radius 3 is 2.52 bits per heavy atom. The number of nitrogens with one attached hydrogen (secondary N) is 2. The zero-order chi connectivity index (χ0) is 31.5. The number of ether oxygens (including phenoxy) is 1. The number of carbonyl (C=O) groups is 2. The van der Waals surface area contributed by atoms with Crippen LogP contribution in [0.3, 0.4) is 0 Å². The van der Waals surface area contributed by atoms with E-state index in [9.17, 15) is 9.59 Å². The fourth-order valence-corrected chi connectivity index (χ4v) is 6.68. The van der Waals surface area contributed by atoms with E-state index in [1.807, 2.05) is 30.5 Å². The summed E-state index contributed by atoms with van der Waals surface area (Å²) in [5, 5.41) is 16.5. The highest BCUT2D eigenvalue weighted by molar-refractivity contribution is 6.43. The number of methoxy groups -OCH3 is 1. The summed E-state index contributed by atoms with van der Waals surface area (Å²) in [7, 11) is 1.64. The molecule has 0 radical (unpaired) electrons. The van der Waals surface area contributed by atoms with Gasteiger partial charge in [0.1, 0.15) is 17.1 Å². The van der Waals surface area contributed by atoms with Crippen LogP contribution in [0.1, 0.15) is 107 Å². The Kier molecular flexibility index (Phi) is 9.31. The lowest BCUT2D eigenvalue weighted by Gasteiger charge is -2.46. The first kappa shape index (κ1) is 31.5. The van der Waals surface area contributed by atoms with Gasteiger partial charge < -0.3 is 15.0 Å². The molecule has 236 valence electrons. The fraction of sp³-hybridized carbons (Fsp3) is 0.606. The highest BCUT2D eigenvalue weighted by Gasteiger charge is 2.53. The van der Waals surface area contributed by atoms with Crippen molar-refractivity contribution in [1.82, 2.24) is 30.8 Å². The van der Waals surface area contributed by atoms with E-state index in [0.29, 0.717) is 35.4 Å². The number of amides is 2. The second kappa shape index (κ2) is 13.0. The number of aromatic nitrogens is 4. The van der Waals surface area contributed by atoms with Crippen LogP contribution in [0.2, 0.25) is 0 Å². The fourth-order valence-electron chi connectivity index (χ4n) is 6.68.